The Morgan fingerprint density at radius 2 is 2.21 bits per heavy atom. The molecule has 4 heteroatoms. The molecule has 1 aromatic heterocycles. The first-order valence-electron chi connectivity index (χ1n) is 6.59. The minimum Gasteiger partial charge on any atom is -0.399 e. The standard InChI is InChI=1S/C15H22N4/c1-12(14-5-4-6-15(16)9-14)18(2)8-7-13-10-17-19(3)11-13/h4-6,9-12H,7-8,16H2,1-3H3. The zero-order valence-corrected chi connectivity index (χ0v) is 11.9. The predicted molar refractivity (Wildman–Crippen MR) is 78.8 cm³/mol. The lowest BCUT2D eigenvalue weighted by atomic mass is 10.1. The molecule has 0 saturated heterocycles. The lowest BCUT2D eigenvalue weighted by molar-refractivity contribution is 0.265. The van der Waals surface area contributed by atoms with Gasteiger partial charge in [-0.25, -0.2) is 0 Å². The van der Waals surface area contributed by atoms with Crippen LogP contribution in [0.15, 0.2) is 36.7 Å². The Balaban J connectivity index is 1.94. The molecule has 19 heavy (non-hydrogen) atoms. The van der Waals surface area contributed by atoms with Crippen molar-refractivity contribution in [1.29, 1.82) is 0 Å². The number of aryl methyl sites for hydroxylation is 1. The van der Waals surface area contributed by atoms with Crippen molar-refractivity contribution < 1.29 is 0 Å². The molecule has 0 aliphatic heterocycles. The van der Waals surface area contributed by atoms with Crippen molar-refractivity contribution in [3.63, 3.8) is 0 Å². The first-order chi connectivity index (χ1) is 9.06. The molecular weight excluding hydrogens is 236 g/mol. The van der Waals surface area contributed by atoms with Crippen molar-refractivity contribution in [2.75, 3.05) is 19.3 Å². The summed E-state index contributed by atoms with van der Waals surface area (Å²) in [6, 6.07) is 8.47. The first kappa shape index (κ1) is 13.6. The molecule has 102 valence electrons. The lowest BCUT2D eigenvalue weighted by Gasteiger charge is -2.25. The van der Waals surface area contributed by atoms with Crippen LogP contribution in [-0.4, -0.2) is 28.3 Å². The molecule has 1 unspecified atom stereocenters. The highest BCUT2D eigenvalue weighted by atomic mass is 15.2. The van der Waals surface area contributed by atoms with E-state index in [1.807, 2.05) is 36.1 Å². The molecular formula is C15H22N4. The van der Waals surface area contributed by atoms with Crippen LogP contribution in [0.4, 0.5) is 5.69 Å². The number of benzene rings is 1. The van der Waals surface area contributed by atoms with Gasteiger partial charge >= 0.3 is 0 Å². The highest BCUT2D eigenvalue weighted by molar-refractivity contribution is 5.41. The van der Waals surface area contributed by atoms with Gasteiger partial charge in [-0.05, 0) is 43.7 Å². The summed E-state index contributed by atoms with van der Waals surface area (Å²) in [6.07, 6.45) is 5.01. The van der Waals surface area contributed by atoms with E-state index in [1.165, 1.54) is 11.1 Å². The number of likely N-dealkylation sites (N-methyl/N-ethyl adjacent to an activating group) is 1. The first-order valence-corrected chi connectivity index (χ1v) is 6.59. The summed E-state index contributed by atoms with van der Waals surface area (Å²) >= 11 is 0. The summed E-state index contributed by atoms with van der Waals surface area (Å²) in [4.78, 5) is 2.34. The maximum absolute atomic E-state index is 5.83. The number of nitrogen functional groups attached to an aromatic ring is 1. The number of anilines is 1. The Morgan fingerprint density at radius 3 is 2.84 bits per heavy atom. The van der Waals surface area contributed by atoms with Gasteiger partial charge in [-0.3, -0.25) is 9.58 Å². The van der Waals surface area contributed by atoms with E-state index in [-0.39, 0.29) is 0 Å². The molecule has 1 heterocycles. The normalized spacial score (nSPS) is 12.8. The second-order valence-corrected chi connectivity index (χ2v) is 5.10. The molecule has 2 N–H and O–H groups in total. The van der Waals surface area contributed by atoms with Crippen LogP contribution in [0.1, 0.15) is 24.1 Å². The summed E-state index contributed by atoms with van der Waals surface area (Å²) in [5.41, 5.74) is 9.19. The molecule has 0 fully saturated rings. The molecule has 0 bridgehead atoms. The molecule has 0 amide bonds. The zero-order chi connectivity index (χ0) is 13.8. The van der Waals surface area contributed by atoms with Crippen LogP contribution in [0, 0.1) is 0 Å². The van der Waals surface area contributed by atoms with Crippen molar-refractivity contribution in [2.24, 2.45) is 7.05 Å². The van der Waals surface area contributed by atoms with E-state index in [1.54, 1.807) is 0 Å². The summed E-state index contributed by atoms with van der Waals surface area (Å²) in [5.74, 6) is 0. The van der Waals surface area contributed by atoms with Gasteiger partial charge in [0.1, 0.15) is 0 Å². The second kappa shape index (κ2) is 5.89. The average Bonchev–Trinajstić information content (AvgIpc) is 2.81. The van der Waals surface area contributed by atoms with Crippen LogP contribution in [0.5, 0.6) is 0 Å². The summed E-state index contributed by atoms with van der Waals surface area (Å²) < 4.78 is 1.84. The zero-order valence-electron chi connectivity index (χ0n) is 11.9. The number of rotatable bonds is 5. The van der Waals surface area contributed by atoms with Gasteiger partial charge in [0.25, 0.3) is 0 Å². The third kappa shape index (κ3) is 3.58. The fourth-order valence-corrected chi connectivity index (χ4v) is 2.17. The van der Waals surface area contributed by atoms with E-state index in [4.69, 9.17) is 5.73 Å². The number of hydrogen-bond acceptors (Lipinski definition) is 3. The van der Waals surface area contributed by atoms with Crippen LogP contribution >= 0.6 is 0 Å². The van der Waals surface area contributed by atoms with Crippen LogP contribution in [0.3, 0.4) is 0 Å². The fourth-order valence-electron chi connectivity index (χ4n) is 2.17. The highest BCUT2D eigenvalue weighted by Gasteiger charge is 2.11. The Morgan fingerprint density at radius 1 is 1.42 bits per heavy atom. The summed E-state index contributed by atoms with van der Waals surface area (Å²) in [7, 11) is 4.09. The van der Waals surface area contributed by atoms with E-state index in [0.717, 1.165) is 18.7 Å². The van der Waals surface area contributed by atoms with Crippen molar-refractivity contribution in [3.05, 3.63) is 47.8 Å². The van der Waals surface area contributed by atoms with Gasteiger partial charge in [0, 0.05) is 31.5 Å². The molecule has 1 atom stereocenters. The Kier molecular flexibility index (Phi) is 4.22. The molecule has 0 saturated carbocycles. The van der Waals surface area contributed by atoms with Crippen molar-refractivity contribution in [2.45, 2.75) is 19.4 Å². The summed E-state index contributed by atoms with van der Waals surface area (Å²) in [6.45, 7) is 3.21. The quantitative estimate of drug-likeness (QED) is 0.837. The van der Waals surface area contributed by atoms with Gasteiger partial charge in [0.05, 0.1) is 6.20 Å². The van der Waals surface area contributed by atoms with Crippen molar-refractivity contribution in [3.8, 4) is 0 Å². The van der Waals surface area contributed by atoms with Gasteiger partial charge in [-0.15, -0.1) is 0 Å². The lowest BCUT2D eigenvalue weighted by Crippen LogP contribution is -2.24. The molecule has 4 nitrogen and oxygen atoms in total. The van der Waals surface area contributed by atoms with E-state index in [2.05, 4.69) is 36.2 Å². The topological polar surface area (TPSA) is 47.1 Å². The largest absolute Gasteiger partial charge is 0.399 e. The maximum atomic E-state index is 5.83. The van der Waals surface area contributed by atoms with E-state index in [9.17, 15) is 0 Å². The number of hydrogen-bond donors (Lipinski definition) is 1. The van der Waals surface area contributed by atoms with Crippen LogP contribution in [-0.2, 0) is 13.5 Å². The van der Waals surface area contributed by atoms with Crippen molar-refractivity contribution in [1.82, 2.24) is 14.7 Å². The van der Waals surface area contributed by atoms with E-state index < -0.39 is 0 Å². The smallest absolute Gasteiger partial charge is 0.0522 e. The van der Waals surface area contributed by atoms with Crippen LogP contribution < -0.4 is 5.73 Å². The minimum atomic E-state index is 0.361. The van der Waals surface area contributed by atoms with E-state index >= 15 is 0 Å². The predicted octanol–water partition coefficient (Wildman–Crippen LogP) is 2.24. The molecule has 0 aliphatic rings. The van der Waals surface area contributed by atoms with Gasteiger partial charge in [0.15, 0.2) is 0 Å². The van der Waals surface area contributed by atoms with Gasteiger partial charge in [-0.2, -0.15) is 5.10 Å². The second-order valence-electron chi connectivity index (χ2n) is 5.10. The van der Waals surface area contributed by atoms with Crippen LogP contribution in [0.2, 0.25) is 0 Å². The SMILES string of the molecule is CC(c1cccc(N)c1)N(C)CCc1cnn(C)c1. The summed E-state index contributed by atoms with van der Waals surface area (Å²) in [5, 5.41) is 4.19. The maximum Gasteiger partial charge on any atom is 0.0522 e. The van der Waals surface area contributed by atoms with E-state index in [0.29, 0.717) is 6.04 Å². The molecule has 0 aliphatic carbocycles. The third-order valence-electron chi connectivity index (χ3n) is 3.57. The molecule has 0 spiro atoms. The van der Waals surface area contributed by atoms with Gasteiger partial charge in [0.2, 0.25) is 0 Å². The molecule has 1 aromatic carbocycles. The fraction of sp³-hybridized carbons (Fsp3) is 0.400. The Bertz CT molecular complexity index is 532. The monoisotopic (exact) mass is 258 g/mol. The average molecular weight is 258 g/mol. The molecule has 0 radical (unpaired) electrons. The number of aromatic nitrogens is 2. The van der Waals surface area contributed by atoms with Crippen molar-refractivity contribution >= 4 is 5.69 Å². The number of nitrogens with two attached hydrogens (primary N) is 1. The van der Waals surface area contributed by atoms with Gasteiger partial charge < -0.3 is 5.73 Å². The third-order valence-corrected chi connectivity index (χ3v) is 3.57. The molecule has 2 aromatic rings. The Hall–Kier alpha value is -1.81. The Labute approximate surface area is 114 Å². The highest BCUT2D eigenvalue weighted by Crippen LogP contribution is 2.20. The van der Waals surface area contributed by atoms with Crippen LogP contribution in [0.25, 0.3) is 0 Å². The van der Waals surface area contributed by atoms with Gasteiger partial charge in [-0.1, -0.05) is 12.1 Å². The molecule has 2 rings (SSSR count). The number of nitrogens with zero attached hydrogens (tertiary/aromatic N) is 3. The minimum absolute atomic E-state index is 0.361.